The zero-order chi connectivity index (χ0) is 33.0. The molecule has 0 radical (unpaired) electrons. The number of aromatic nitrogens is 2. The van der Waals surface area contributed by atoms with Crippen molar-refractivity contribution in [1.82, 2.24) is 9.97 Å². The first-order valence-corrected chi connectivity index (χ1v) is 17.2. The average molecular weight is 629 g/mol. The molecule has 6 aromatic carbocycles. The number of rotatable bonds is 5. The molecule has 0 aliphatic heterocycles. The Kier molecular flexibility index (Phi) is 6.98. The number of fused-ring (bicyclic) bond motifs is 4. The third-order valence-electron chi connectivity index (χ3n) is 10.5. The Morgan fingerprint density at radius 3 is 1.90 bits per heavy atom. The summed E-state index contributed by atoms with van der Waals surface area (Å²) in [6.07, 6.45) is 6.44. The summed E-state index contributed by atoms with van der Waals surface area (Å²) in [5.74, 6) is 0.750. The predicted molar refractivity (Wildman–Crippen MR) is 205 cm³/mol. The van der Waals surface area contributed by atoms with Crippen LogP contribution in [0, 0.1) is 0 Å². The monoisotopic (exact) mass is 628 g/mol. The van der Waals surface area contributed by atoms with E-state index < -0.39 is 0 Å². The molecule has 1 heterocycles. The van der Waals surface area contributed by atoms with Gasteiger partial charge in [0, 0.05) is 16.5 Å². The van der Waals surface area contributed by atoms with Gasteiger partial charge in [-0.05, 0) is 85.8 Å². The van der Waals surface area contributed by atoms with Gasteiger partial charge in [-0.15, -0.1) is 0 Å². The van der Waals surface area contributed by atoms with Gasteiger partial charge in [0.15, 0.2) is 5.82 Å². The first kappa shape index (κ1) is 29.3. The van der Waals surface area contributed by atoms with Crippen molar-refractivity contribution < 1.29 is 0 Å². The normalized spacial score (nSPS) is 14.6. The van der Waals surface area contributed by atoms with Gasteiger partial charge in [0.05, 0.1) is 11.4 Å². The van der Waals surface area contributed by atoms with Crippen molar-refractivity contribution in [3.8, 4) is 44.9 Å². The molecule has 49 heavy (non-hydrogen) atoms. The maximum Gasteiger partial charge on any atom is 0.161 e. The fourth-order valence-corrected chi connectivity index (χ4v) is 7.86. The van der Waals surface area contributed by atoms with Crippen LogP contribution in [0.2, 0.25) is 0 Å². The molecule has 2 nitrogen and oxygen atoms in total. The molecule has 2 heteroatoms. The van der Waals surface area contributed by atoms with Crippen LogP contribution in [-0.2, 0) is 5.41 Å². The Morgan fingerprint density at radius 1 is 0.449 bits per heavy atom. The Balaban J connectivity index is 1.18. The lowest BCUT2D eigenvalue weighted by Gasteiger charge is -2.22. The van der Waals surface area contributed by atoms with Crippen LogP contribution < -0.4 is 0 Å². The van der Waals surface area contributed by atoms with E-state index in [1.54, 1.807) is 0 Å². The van der Waals surface area contributed by atoms with Gasteiger partial charge < -0.3 is 0 Å². The molecule has 0 fully saturated rings. The molecule has 2 aliphatic rings. The molecule has 0 amide bonds. The van der Waals surface area contributed by atoms with Crippen molar-refractivity contribution in [2.75, 3.05) is 0 Å². The molecule has 0 atom stereocenters. The average Bonchev–Trinajstić information content (AvgIpc) is 3.41. The third kappa shape index (κ3) is 5.03. The van der Waals surface area contributed by atoms with Crippen molar-refractivity contribution in [3.05, 3.63) is 180 Å². The minimum atomic E-state index is -0.0690. The highest BCUT2D eigenvalue weighted by Crippen LogP contribution is 2.52. The quantitative estimate of drug-likeness (QED) is 0.190. The predicted octanol–water partition coefficient (Wildman–Crippen LogP) is 12.2. The lowest BCUT2D eigenvalue weighted by Crippen LogP contribution is -2.14. The van der Waals surface area contributed by atoms with Crippen LogP contribution in [0.25, 0.3) is 66.8 Å². The van der Waals surface area contributed by atoms with Crippen molar-refractivity contribution in [2.45, 2.75) is 32.1 Å². The molecule has 0 saturated heterocycles. The Labute approximate surface area is 288 Å². The van der Waals surface area contributed by atoms with E-state index in [0.29, 0.717) is 0 Å². The standard InChI is InChI=1S/C47H36N2/c1-47(2)41-21-11-10-19-40(41)45-38(20-12-22-42(45)47)37-17-8-9-18-39(37)46-48-43(33-14-4-3-5-15-33)30-44(49-46)34-26-23-32(24-27-34)36-28-25-31-13-6-7-16-35(31)29-36/h3-23,25-26,28-30H,24,27H2,1-2H3. The molecule has 0 bridgehead atoms. The summed E-state index contributed by atoms with van der Waals surface area (Å²) in [5, 5.41) is 2.55. The smallest absolute Gasteiger partial charge is 0.161 e. The van der Waals surface area contributed by atoms with E-state index in [-0.39, 0.29) is 5.41 Å². The van der Waals surface area contributed by atoms with E-state index in [4.69, 9.17) is 9.97 Å². The van der Waals surface area contributed by atoms with Gasteiger partial charge in [0.2, 0.25) is 0 Å². The van der Waals surface area contributed by atoms with Crippen LogP contribution in [0.1, 0.15) is 49.1 Å². The molecule has 0 unspecified atom stereocenters. The van der Waals surface area contributed by atoms with E-state index in [1.165, 1.54) is 55.3 Å². The summed E-state index contributed by atoms with van der Waals surface area (Å²) in [4.78, 5) is 10.6. The first-order valence-electron chi connectivity index (χ1n) is 17.2. The topological polar surface area (TPSA) is 25.8 Å². The molecular formula is C47H36N2. The molecular weight excluding hydrogens is 593 g/mol. The fourth-order valence-electron chi connectivity index (χ4n) is 7.86. The van der Waals surface area contributed by atoms with Crippen molar-refractivity contribution >= 4 is 21.9 Å². The second-order valence-electron chi connectivity index (χ2n) is 13.7. The van der Waals surface area contributed by atoms with Gasteiger partial charge >= 0.3 is 0 Å². The van der Waals surface area contributed by atoms with E-state index in [0.717, 1.165) is 46.7 Å². The molecule has 2 aliphatic carbocycles. The van der Waals surface area contributed by atoms with Crippen LogP contribution in [0.5, 0.6) is 0 Å². The fraction of sp³-hybridized carbons (Fsp3) is 0.106. The van der Waals surface area contributed by atoms with Crippen LogP contribution in [0.15, 0.2) is 158 Å². The molecule has 0 spiro atoms. The molecule has 1 aromatic heterocycles. The molecule has 7 aromatic rings. The summed E-state index contributed by atoms with van der Waals surface area (Å²) >= 11 is 0. The molecule has 234 valence electrons. The second-order valence-corrected chi connectivity index (χ2v) is 13.7. The highest BCUT2D eigenvalue weighted by Gasteiger charge is 2.36. The summed E-state index contributed by atoms with van der Waals surface area (Å²) in [6.45, 7) is 4.67. The summed E-state index contributed by atoms with van der Waals surface area (Å²) in [6, 6.07) is 52.3. The van der Waals surface area contributed by atoms with Crippen LogP contribution in [0.4, 0.5) is 0 Å². The van der Waals surface area contributed by atoms with Crippen molar-refractivity contribution in [1.29, 1.82) is 0 Å². The number of benzene rings is 6. The maximum absolute atomic E-state index is 5.34. The zero-order valence-corrected chi connectivity index (χ0v) is 27.8. The maximum atomic E-state index is 5.34. The SMILES string of the molecule is CC1(C)c2ccccc2-c2c(-c3ccccc3-c3nc(C4=CC=C(c5ccc6ccccc6c5)CC4)cc(-c4ccccc4)n3)cccc21. The number of nitrogens with zero attached hydrogens (tertiary/aromatic N) is 2. The molecule has 0 saturated carbocycles. The summed E-state index contributed by atoms with van der Waals surface area (Å²) in [7, 11) is 0. The molecule has 0 N–H and O–H groups in total. The van der Waals surface area contributed by atoms with Crippen molar-refractivity contribution in [2.24, 2.45) is 0 Å². The highest BCUT2D eigenvalue weighted by molar-refractivity contribution is 5.96. The van der Waals surface area contributed by atoms with Gasteiger partial charge in [-0.2, -0.15) is 0 Å². The lowest BCUT2D eigenvalue weighted by molar-refractivity contribution is 0.660. The number of hydrogen-bond donors (Lipinski definition) is 0. The molecule has 9 rings (SSSR count). The van der Waals surface area contributed by atoms with E-state index in [2.05, 4.69) is 172 Å². The van der Waals surface area contributed by atoms with Crippen LogP contribution >= 0.6 is 0 Å². The Bertz CT molecular complexity index is 2460. The minimum Gasteiger partial charge on any atom is -0.228 e. The van der Waals surface area contributed by atoms with Gasteiger partial charge in [0.25, 0.3) is 0 Å². The lowest BCUT2D eigenvalue weighted by atomic mass is 9.82. The van der Waals surface area contributed by atoms with Crippen LogP contribution in [0.3, 0.4) is 0 Å². The Hall–Kier alpha value is -5.86. The van der Waals surface area contributed by atoms with Gasteiger partial charge in [-0.3, -0.25) is 0 Å². The number of hydrogen-bond acceptors (Lipinski definition) is 2. The van der Waals surface area contributed by atoms with Gasteiger partial charge in [0.1, 0.15) is 0 Å². The van der Waals surface area contributed by atoms with E-state index >= 15 is 0 Å². The number of allylic oxidation sites excluding steroid dienone is 4. The zero-order valence-electron chi connectivity index (χ0n) is 27.8. The minimum absolute atomic E-state index is 0.0690. The summed E-state index contributed by atoms with van der Waals surface area (Å²) in [5.41, 5.74) is 15.6. The van der Waals surface area contributed by atoms with Crippen molar-refractivity contribution in [3.63, 3.8) is 0 Å². The largest absolute Gasteiger partial charge is 0.228 e. The van der Waals surface area contributed by atoms with E-state index in [9.17, 15) is 0 Å². The second kappa shape index (κ2) is 11.7. The van der Waals surface area contributed by atoms with Gasteiger partial charge in [-0.25, -0.2) is 9.97 Å². The Morgan fingerprint density at radius 2 is 1.08 bits per heavy atom. The van der Waals surface area contributed by atoms with E-state index in [1.807, 2.05) is 0 Å². The summed E-state index contributed by atoms with van der Waals surface area (Å²) < 4.78 is 0. The third-order valence-corrected chi connectivity index (χ3v) is 10.5. The first-order chi connectivity index (χ1) is 24.0. The van der Waals surface area contributed by atoms with Gasteiger partial charge in [-0.1, -0.05) is 159 Å². The highest BCUT2D eigenvalue weighted by atomic mass is 14.9. The van der Waals surface area contributed by atoms with Crippen LogP contribution in [-0.4, -0.2) is 9.97 Å².